The first-order chi connectivity index (χ1) is 12.5. The van der Waals surface area contributed by atoms with E-state index >= 15 is 0 Å². The van der Waals surface area contributed by atoms with E-state index in [1.807, 2.05) is 54.6 Å². The summed E-state index contributed by atoms with van der Waals surface area (Å²) in [6.07, 6.45) is 0.746. The minimum absolute atomic E-state index is 0.305. The number of nitrogens with two attached hydrogens (primary N) is 2. The maximum Gasteiger partial charge on any atom is 0.0864 e. The van der Waals surface area contributed by atoms with Crippen molar-refractivity contribution in [3.05, 3.63) is 83.9 Å². The summed E-state index contributed by atoms with van der Waals surface area (Å²) in [4.78, 5) is 4.97. The van der Waals surface area contributed by atoms with Crippen molar-refractivity contribution < 1.29 is 0 Å². The SMILES string of the molecule is C[C@]1(c2ccc(N)cc2)CC(c2ccc(N)cc2)=Nc2ccccc2N1. The van der Waals surface area contributed by atoms with Gasteiger partial charge in [0.2, 0.25) is 0 Å². The van der Waals surface area contributed by atoms with E-state index in [0.717, 1.165) is 40.4 Å². The molecule has 4 rings (SSSR count). The van der Waals surface area contributed by atoms with E-state index in [4.69, 9.17) is 16.5 Å². The van der Waals surface area contributed by atoms with Gasteiger partial charge in [0.15, 0.2) is 0 Å². The number of hydrogen-bond donors (Lipinski definition) is 3. The van der Waals surface area contributed by atoms with Crippen LogP contribution >= 0.6 is 0 Å². The molecule has 0 amide bonds. The molecule has 0 fully saturated rings. The van der Waals surface area contributed by atoms with Gasteiger partial charge in [0.1, 0.15) is 0 Å². The Balaban J connectivity index is 1.84. The number of aliphatic imine (C=N–C) groups is 1. The van der Waals surface area contributed by atoms with Crippen molar-refractivity contribution in [1.82, 2.24) is 0 Å². The Labute approximate surface area is 153 Å². The number of anilines is 3. The Kier molecular flexibility index (Phi) is 3.88. The summed E-state index contributed by atoms with van der Waals surface area (Å²) in [6.45, 7) is 2.20. The number of fused-ring (bicyclic) bond motifs is 1. The Morgan fingerprint density at radius 2 is 1.46 bits per heavy atom. The first-order valence-electron chi connectivity index (χ1n) is 8.70. The molecule has 130 valence electrons. The summed E-state index contributed by atoms with van der Waals surface area (Å²) in [7, 11) is 0. The molecule has 3 aromatic rings. The van der Waals surface area contributed by atoms with Crippen LogP contribution in [0.25, 0.3) is 0 Å². The average molecular weight is 342 g/mol. The minimum atomic E-state index is -0.305. The molecule has 3 aromatic carbocycles. The quantitative estimate of drug-likeness (QED) is 0.591. The summed E-state index contributed by atoms with van der Waals surface area (Å²) in [5.74, 6) is 0. The monoisotopic (exact) mass is 342 g/mol. The van der Waals surface area contributed by atoms with E-state index in [0.29, 0.717) is 0 Å². The lowest BCUT2D eigenvalue weighted by Crippen LogP contribution is -2.33. The fourth-order valence-corrected chi connectivity index (χ4v) is 3.41. The molecular formula is C22H22N4. The smallest absolute Gasteiger partial charge is 0.0864 e. The Morgan fingerprint density at radius 1 is 0.846 bits per heavy atom. The van der Waals surface area contributed by atoms with Crippen LogP contribution < -0.4 is 16.8 Å². The maximum absolute atomic E-state index is 5.88. The van der Waals surface area contributed by atoms with E-state index in [1.165, 1.54) is 5.56 Å². The van der Waals surface area contributed by atoms with Gasteiger partial charge in [-0.1, -0.05) is 36.4 Å². The van der Waals surface area contributed by atoms with Crippen molar-refractivity contribution in [2.45, 2.75) is 18.9 Å². The van der Waals surface area contributed by atoms with Crippen molar-refractivity contribution in [2.75, 3.05) is 16.8 Å². The van der Waals surface area contributed by atoms with Gasteiger partial charge in [0, 0.05) is 17.8 Å². The molecule has 0 saturated carbocycles. The lowest BCUT2D eigenvalue weighted by Gasteiger charge is -2.32. The van der Waals surface area contributed by atoms with Gasteiger partial charge in [-0.25, -0.2) is 0 Å². The van der Waals surface area contributed by atoms with E-state index in [1.54, 1.807) is 0 Å². The van der Waals surface area contributed by atoms with Crippen LogP contribution in [-0.2, 0) is 5.54 Å². The normalized spacial score (nSPS) is 19.0. The second-order valence-electron chi connectivity index (χ2n) is 6.95. The Morgan fingerprint density at radius 3 is 2.15 bits per heavy atom. The van der Waals surface area contributed by atoms with Gasteiger partial charge >= 0.3 is 0 Å². The molecule has 26 heavy (non-hydrogen) atoms. The third-order valence-electron chi connectivity index (χ3n) is 4.88. The first kappa shape index (κ1) is 16.2. The van der Waals surface area contributed by atoms with Crippen LogP contribution in [0, 0.1) is 0 Å². The van der Waals surface area contributed by atoms with Crippen LogP contribution in [0.5, 0.6) is 0 Å². The molecule has 0 bridgehead atoms. The van der Waals surface area contributed by atoms with Crippen molar-refractivity contribution in [3.63, 3.8) is 0 Å². The van der Waals surface area contributed by atoms with Crippen LogP contribution in [0.4, 0.5) is 22.7 Å². The molecule has 0 spiro atoms. The topological polar surface area (TPSA) is 76.4 Å². The number of nitrogens with zero attached hydrogens (tertiary/aromatic N) is 1. The molecule has 4 nitrogen and oxygen atoms in total. The predicted molar refractivity (Wildman–Crippen MR) is 110 cm³/mol. The number of nitrogens with one attached hydrogen (secondary N) is 1. The maximum atomic E-state index is 5.88. The number of rotatable bonds is 2. The molecule has 1 heterocycles. The molecular weight excluding hydrogens is 320 g/mol. The molecule has 5 N–H and O–H groups in total. The number of nitrogen functional groups attached to an aromatic ring is 2. The van der Waals surface area contributed by atoms with Crippen molar-refractivity contribution in [3.8, 4) is 0 Å². The van der Waals surface area contributed by atoms with Gasteiger partial charge < -0.3 is 16.8 Å². The van der Waals surface area contributed by atoms with Crippen molar-refractivity contribution in [1.29, 1.82) is 0 Å². The van der Waals surface area contributed by atoms with Gasteiger partial charge in [0.25, 0.3) is 0 Å². The van der Waals surface area contributed by atoms with Gasteiger partial charge in [-0.2, -0.15) is 0 Å². The molecule has 0 aromatic heterocycles. The zero-order valence-electron chi connectivity index (χ0n) is 14.7. The third-order valence-corrected chi connectivity index (χ3v) is 4.88. The van der Waals surface area contributed by atoms with Crippen LogP contribution in [0.1, 0.15) is 24.5 Å². The lowest BCUT2D eigenvalue weighted by atomic mass is 9.85. The van der Waals surface area contributed by atoms with Crippen molar-refractivity contribution >= 4 is 28.5 Å². The van der Waals surface area contributed by atoms with Crippen LogP contribution in [-0.4, -0.2) is 5.71 Å². The lowest BCUT2D eigenvalue weighted by molar-refractivity contribution is 0.571. The first-order valence-corrected chi connectivity index (χ1v) is 8.70. The fourth-order valence-electron chi connectivity index (χ4n) is 3.41. The largest absolute Gasteiger partial charge is 0.399 e. The number of para-hydroxylation sites is 2. The summed E-state index contributed by atoms with van der Waals surface area (Å²) in [5, 5.41) is 3.70. The molecule has 0 saturated heterocycles. The molecule has 0 aliphatic carbocycles. The minimum Gasteiger partial charge on any atom is -0.399 e. The molecule has 1 aliphatic heterocycles. The highest BCUT2D eigenvalue weighted by Gasteiger charge is 2.31. The van der Waals surface area contributed by atoms with E-state index in [9.17, 15) is 0 Å². The third kappa shape index (κ3) is 3.02. The zero-order valence-corrected chi connectivity index (χ0v) is 14.7. The summed E-state index contributed by atoms with van der Waals surface area (Å²) in [5.41, 5.74) is 18.2. The molecule has 0 radical (unpaired) electrons. The van der Waals surface area contributed by atoms with Crippen LogP contribution in [0.15, 0.2) is 77.8 Å². The summed E-state index contributed by atoms with van der Waals surface area (Å²) < 4.78 is 0. The highest BCUT2D eigenvalue weighted by Crippen LogP contribution is 2.39. The molecule has 4 heteroatoms. The van der Waals surface area contributed by atoms with Crippen LogP contribution in [0.2, 0.25) is 0 Å². The number of hydrogen-bond acceptors (Lipinski definition) is 4. The fraction of sp³-hybridized carbons (Fsp3) is 0.136. The van der Waals surface area contributed by atoms with Gasteiger partial charge in [-0.05, 0) is 54.4 Å². The van der Waals surface area contributed by atoms with E-state index in [-0.39, 0.29) is 5.54 Å². The van der Waals surface area contributed by atoms with Gasteiger partial charge in [-0.3, -0.25) is 4.99 Å². The summed E-state index contributed by atoms with van der Waals surface area (Å²) in [6, 6.07) is 24.1. The molecule has 0 unspecified atom stereocenters. The standard InChI is InChI=1S/C22H22N4/c1-22(16-8-12-18(24)13-9-16)14-21(15-6-10-17(23)11-7-15)25-19-4-2-3-5-20(19)26-22/h2-13,26H,14,23-24H2,1H3/t22-/m1/s1. The Bertz CT molecular complexity index is 958. The average Bonchev–Trinajstić information content (AvgIpc) is 2.79. The number of benzene rings is 3. The second kappa shape index (κ2) is 6.23. The Hall–Kier alpha value is -3.27. The predicted octanol–water partition coefficient (Wildman–Crippen LogP) is 4.70. The highest BCUT2D eigenvalue weighted by atomic mass is 15.0. The van der Waals surface area contributed by atoms with Crippen LogP contribution in [0.3, 0.4) is 0 Å². The van der Waals surface area contributed by atoms with Gasteiger partial charge in [0.05, 0.1) is 22.6 Å². The molecule has 1 aliphatic rings. The summed E-state index contributed by atoms with van der Waals surface area (Å²) >= 11 is 0. The van der Waals surface area contributed by atoms with Gasteiger partial charge in [-0.15, -0.1) is 0 Å². The molecule has 1 atom stereocenters. The second-order valence-corrected chi connectivity index (χ2v) is 6.95. The van der Waals surface area contributed by atoms with E-state index < -0.39 is 0 Å². The zero-order chi connectivity index (χ0) is 18.1. The van der Waals surface area contributed by atoms with Crippen molar-refractivity contribution in [2.24, 2.45) is 4.99 Å². The highest BCUT2D eigenvalue weighted by molar-refractivity contribution is 6.04. The van der Waals surface area contributed by atoms with E-state index in [2.05, 4.69) is 30.4 Å².